The summed E-state index contributed by atoms with van der Waals surface area (Å²) in [6.07, 6.45) is 2.37. The van der Waals surface area contributed by atoms with Crippen LogP contribution in [0.4, 0.5) is 0 Å². The number of nitrogens with one attached hydrogen (secondary N) is 1. The number of benzene rings is 1. The van der Waals surface area contributed by atoms with Crippen LogP contribution in [-0.2, 0) is 16.3 Å². The summed E-state index contributed by atoms with van der Waals surface area (Å²) in [4.78, 5) is 4.13. The van der Waals surface area contributed by atoms with E-state index in [1.54, 1.807) is 12.1 Å². The third kappa shape index (κ3) is 4.62. The van der Waals surface area contributed by atoms with Crippen molar-refractivity contribution in [1.82, 2.24) is 15.5 Å². The number of rotatable bonds is 7. The molecule has 1 unspecified atom stereocenters. The van der Waals surface area contributed by atoms with E-state index >= 15 is 0 Å². The molecular weight excluding hydrogens is 294 g/mol. The van der Waals surface area contributed by atoms with Crippen molar-refractivity contribution in [3.63, 3.8) is 0 Å². The van der Waals surface area contributed by atoms with Gasteiger partial charge in [0.2, 0.25) is 5.89 Å². The molecule has 0 saturated heterocycles. The quantitative estimate of drug-likeness (QED) is 0.710. The molecule has 0 bridgehead atoms. The summed E-state index contributed by atoms with van der Waals surface area (Å²) in [6.45, 7) is 0.951. The summed E-state index contributed by atoms with van der Waals surface area (Å²) < 4.78 is 27.5. The van der Waals surface area contributed by atoms with Crippen LogP contribution in [0.5, 0.6) is 0 Å². The van der Waals surface area contributed by atoms with Crippen LogP contribution in [0.1, 0.15) is 17.6 Å². The second-order valence-corrected chi connectivity index (χ2v) is 6.66. The van der Waals surface area contributed by atoms with E-state index in [1.165, 1.54) is 18.5 Å². The average Bonchev–Trinajstić information content (AvgIpc) is 2.96. The molecule has 1 aromatic heterocycles. The van der Waals surface area contributed by atoms with Crippen LogP contribution in [-0.4, -0.2) is 43.0 Å². The van der Waals surface area contributed by atoms with Crippen molar-refractivity contribution in [2.75, 3.05) is 19.3 Å². The normalized spacial score (nSPS) is 13.2. The van der Waals surface area contributed by atoms with Crippen molar-refractivity contribution in [1.29, 1.82) is 0 Å². The lowest BCUT2D eigenvalue weighted by molar-refractivity contribution is 0.174. The fourth-order valence-corrected chi connectivity index (χ4v) is 2.43. The first-order chi connectivity index (χ1) is 9.97. The first-order valence-electron chi connectivity index (χ1n) is 6.41. The minimum atomic E-state index is -3.21. The molecule has 2 aromatic rings. The van der Waals surface area contributed by atoms with Gasteiger partial charge in [-0.25, -0.2) is 8.42 Å². The van der Waals surface area contributed by atoms with Crippen LogP contribution in [0.25, 0.3) is 0 Å². The second-order valence-electron chi connectivity index (χ2n) is 4.65. The van der Waals surface area contributed by atoms with Crippen LogP contribution in [0.15, 0.2) is 40.0 Å². The number of hydrogen-bond donors (Lipinski definition) is 2. The number of aliphatic hydroxyl groups is 1. The maximum atomic E-state index is 11.3. The number of aromatic nitrogens is 2. The molecule has 2 N–H and O–H groups in total. The van der Waals surface area contributed by atoms with Gasteiger partial charge in [-0.05, 0) is 17.7 Å². The molecule has 1 heterocycles. The van der Waals surface area contributed by atoms with Crippen molar-refractivity contribution in [3.05, 3.63) is 42.0 Å². The number of nitrogens with zero attached hydrogens (tertiary/aromatic N) is 2. The molecule has 0 saturated carbocycles. The minimum Gasteiger partial charge on any atom is -0.387 e. The third-order valence-corrected chi connectivity index (χ3v) is 4.08. The second kappa shape index (κ2) is 6.79. The molecule has 0 fully saturated rings. The SMILES string of the molecule is CS(=O)(=O)c1ccc(C(O)CNCCc2ncno2)cc1. The molecule has 0 amide bonds. The van der Waals surface area contributed by atoms with E-state index in [-0.39, 0.29) is 4.90 Å². The van der Waals surface area contributed by atoms with Gasteiger partial charge >= 0.3 is 0 Å². The number of hydrogen-bond acceptors (Lipinski definition) is 7. The van der Waals surface area contributed by atoms with Crippen LogP contribution < -0.4 is 5.32 Å². The summed E-state index contributed by atoms with van der Waals surface area (Å²) >= 11 is 0. The third-order valence-electron chi connectivity index (χ3n) is 2.95. The topological polar surface area (TPSA) is 105 Å². The average molecular weight is 311 g/mol. The number of aliphatic hydroxyl groups excluding tert-OH is 1. The Labute approximate surface area is 122 Å². The summed E-state index contributed by atoms with van der Waals surface area (Å²) in [5, 5.41) is 16.6. The molecule has 21 heavy (non-hydrogen) atoms. The van der Waals surface area contributed by atoms with Gasteiger partial charge in [-0.15, -0.1) is 0 Å². The first kappa shape index (κ1) is 15.6. The predicted octanol–water partition coefficient (Wildman–Crippen LogP) is 0.339. The van der Waals surface area contributed by atoms with Crippen LogP contribution in [0.3, 0.4) is 0 Å². The molecule has 0 aliphatic heterocycles. The van der Waals surface area contributed by atoms with E-state index in [9.17, 15) is 13.5 Å². The Hall–Kier alpha value is -1.77. The Kier molecular flexibility index (Phi) is 5.05. The standard InChI is InChI=1S/C13H17N3O4S/c1-21(18,19)11-4-2-10(3-5-11)12(17)8-14-7-6-13-15-9-16-20-13/h2-5,9,12,14,17H,6-8H2,1H3. The highest BCUT2D eigenvalue weighted by atomic mass is 32.2. The van der Waals surface area contributed by atoms with Gasteiger partial charge in [0, 0.05) is 25.8 Å². The van der Waals surface area contributed by atoms with E-state index < -0.39 is 15.9 Å². The summed E-state index contributed by atoms with van der Waals surface area (Å²) in [5.74, 6) is 0.537. The minimum absolute atomic E-state index is 0.239. The zero-order valence-electron chi connectivity index (χ0n) is 11.6. The Morgan fingerprint density at radius 1 is 1.33 bits per heavy atom. The molecule has 0 spiro atoms. The van der Waals surface area contributed by atoms with E-state index in [2.05, 4.69) is 15.5 Å². The molecule has 8 heteroatoms. The van der Waals surface area contributed by atoms with Crippen molar-refractivity contribution in [2.45, 2.75) is 17.4 Å². The van der Waals surface area contributed by atoms with Crippen LogP contribution in [0.2, 0.25) is 0 Å². The maximum Gasteiger partial charge on any atom is 0.227 e. The van der Waals surface area contributed by atoms with Gasteiger partial charge < -0.3 is 14.9 Å². The van der Waals surface area contributed by atoms with Gasteiger partial charge in [0.05, 0.1) is 11.0 Å². The lowest BCUT2D eigenvalue weighted by atomic mass is 10.1. The molecule has 1 atom stereocenters. The Balaban J connectivity index is 1.81. The van der Waals surface area contributed by atoms with Crippen LogP contribution >= 0.6 is 0 Å². The van der Waals surface area contributed by atoms with E-state index in [0.717, 1.165) is 6.26 Å². The van der Waals surface area contributed by atoms with Gasteiger partial charge in [-0.3, -0.25) is 0 Å². The zero-order chi connectivity index (χ0) is 15.3. The van der Waals surface area contributed by atoms with Gasteiger partial charge in [-0.1, -0.05) is 17.3 Å². The highest BCUT2D eigenvalue weighted by Gasteiger charge is 2.10. The van der Waals surface area contributed by atoms with Gasteiger partial charge in [0.25, 0.3) is 0 Å². The van der Waals surface area contributed by atoms with Crippen molar-refractivity contribution >= 4 is 9.84 Å². The number of sulfone groups is 1. The Morgan fingerprint density at radius 2 is 2.05 bits per heavy atom. The smallest absolute Gasteiger partial charge is 0.227 e. The fourth-order valence-electron chi connectivity index (χ4n) is 1.80. The molecule has 114 valence electrons. The largest absolute Gasteiger partial charge is 0.387 e. The van der Waals surface area contributed by atoms with Gasteiger partial charge in [0.15, 0.2) is 16.2 Å². The fraction of sp³-hybridized carbons (Fsp3) is 0.385. The Bertz CT molecular complexity index is 653. The Morgan fingerprint density at radius 3 is 2.62 bits per heavy atom. The molecule has 0 aliphatic rings. The monoisotopic (exact) mass is 311 g/mol. The van der Waals surface area contributed by atoms with Crippen LogP contribution in [0, 0.1) is 0 Å². The lowest BCUT2D eigenvalue weighted by Gasteiger charge is -2.12. The van der Waals surface area contributed by atoms with Gasteiger partial charge in [-0.2, -0.15) is 4.98 Å². The predicted molar refractivity (Wildman–Crippen MR) is 75.4 cm³/mol. The van der Waals surface area contributed by atoms with E-state index in [0.29, 0.717) is 31.0 Å². The molecule has 1 aromatic carbocycles. The highest BCUT2D eigenvalue weighted by Crippen LogP contribution is 2.15. The van der Waals surface area contributed by atoms with Crippen molar-refractivity contribution in [2.24, 2.45) is 0 Å². The zero-order valence-corrected chi connectivity index (χ0v) is 12.4. The summed E-state index contributed by atoms with van der Waals surface area (Å²) in [7, 11) is -3.21. The first-order valence-corrected chi connectivity index (χ1v) is 8.30. The highest BCUT2D eigenvalue weighted by molar-refractivity contribution is 7.90. The molecule has 0 aliphatic carbocycles. The van der Waals surface area contributed by atoms with Crippen molar-refractivity contribution in [3.8, 4) is 0 Å². The van der Waals surface area contributed by atoms with E-state index in [4.69, 9.17) is 4.52 Å². The molecule has 0 radical (unpaired) electrons. The van der Waals surface area contributed by atoms with Gasteiger partial charge in [0.1, 0.15) is 0 Å². The summed E-state index contributed by atoms with van der Waals surface area (Å²) in [6, 6.07) is 6.21. The van der Waals surface area contributed by atoms with Crippen molar-refractivity contribution < 1.29 is 18.0 Å². The summed E-state index contributed by atoms with van der Waals surface area (Å²) in [5.41, 5.74) is 0.660. The lowest BCUT2D eigenvalue weighted by Crippen LogP contribution is -2.23. The maximum absolute atomic E-state index is 11.3. The van der Waals surface area contributed by atoms with E-state index in [1.807, 2.05) is 0 Å². The molecular formula is C13H17N3O4S. The molecule has 7 nitrogen and oxygen atoms in total. The molecule has 2 rings (SSSR count).